The van der Waals surface area contributed by atoms with Crippen molar-refractivity contribution in [2.45, 2.75) is 46.0 Å². The summed E-state index contributed by atoms with van der Waals surface area (Å²) < 4.78 is 4.89. The Balaban J connectivity index is 1.20. The van der Waals surface area contributed by atoms with Crippen molar-refractivity contribution in [3.63, 3.8) is 0 Å². The molecule has 248 valence electrons. The van der Waals surface area contributed by atoms with Crippen LogP contribution in [0, 0.1) is 6.92 Å². The molecule has 0 aliphatic heterocycles. The molecule has 0 fully saturated rings. The third-order valence-corrected chi connectivity index (χ3v) is 10.6. The molecule has 0 radical (unpaired) electrons. The third kappa shape index (κ3) is 5.62. The first-order chi connectivity index (χ1) is 24.8. The number of nitrogens with zero attached hydrogens (tertiary/aromatic N) is 2. The zero-order valence-corrected chi connectivity index (χ0v) is 29.8. The summed E-state index contributed by atoms with van der Waals surface area (Å²) in [5.74, 6) is 0. The van der Waals surface area contributed by atoms with Gasteiger partial charge in [-0.25, -0.2) is 0 Å². The lowest BCUT2D eigenvalue weighted by Crippen LogP contribution is -2.11. The van der Waals surface area contributed by atoms with Crippen LogP contribution in [0.1, 0.15) is 50.4 Å². The molecule has 2 heterocycles. The number of aryl methyl sites for hydroxylation is 1. The summed E-state index contributed by atoms with van der Waals surface area (Å²) in [6.45, 7) is 8.98. The Morgan fingerprint density at radius 3 is 1.88 bits per heavy atom. The monoisotopic (exact) mass is 658 g/mol. The van der Waals surface area contributed by atoms with Crippen molar-refractivity contribution in [3.05, 3.63) is 175 Å². The second kappa shape index (κ2) is 12.2. The van der Waals surface area contributed by atoms with Crippen LogP contribution in [0.4, 0.5) is 0 Å². The van der Waals surface area contributed by atoms with Gasteiger partial charge in [-0.1, -0.05) is 123 Å². The van der Waals surface area contributed by atoms with Gasteiger partial charge in [-0.05, 0) is 124 Å². The van der Waals surface area contributed by atoms with Crippen LogP contribution >= 0.6 is 0 Å². The predicted octanol–water partition coefficient (Wildman–Crippen LogP) is 13.4. The molecular weight excluding hydrogens is 617 g/mol. The third-order valence-electron chi connectivity index (χ3n) is 10.6. The first-order valence-electron chi connectivity index (χ1n) is 18.1. The zero-order valence-electron chi connectivity index (χ0n) is 29.8. The Bertz CT molecular complexity index is 2650. The van der Waals surface area contributed by atoms with Crippen LogP contribution in [-0.2, 0) is 5.41 Å². The number of aromatic nitrogens is 2. The first kappa shape index (κ1) is 31.1. The minimum Gasteiger partial charge on any atom is -0.310 e. The van der Waals surface area contributed by atoms with Crippen LogP contribution in [0.15, 0.2) is 158 Å². The molecule has 1 aliphatic rings. The molecule has 2 aromatic heterocycles. The quantitative estimate of drug-likeness (QED) is 0.174. The largest absolute Gasteiger partial charge is 0.310 e. The van der Waals surface area contributed by atoms with Gasteiger partial charge < -0.3 is 9.13 Å². The maximum atomic E-state index is 2.47. The standard InChI is InChI=1S/C49H42N2/c1-33-14-23-43(24-15-33)50-45-27-20-37(29-41(45)32-48(50)39-18-16-34-10-8-9-13-36(34)28-39)38-17-19-40-31-46(35-11-6-5-7-12-35)51(47(40)30-38)44-25-21-42(22-26-44)49(2,3)4/h5-6,8-11,13-32H,7,12H2,1-4H3. The molecule has 51 heavy (non-hydrogen) atoms. The van der Waals surface area contributed by atoms with Gasteiger partial charge in [0.25, 0.3) is 0 Å². The highest BCUT2D eigenvalue weighted by Crippen LogP contribution is 2.38. The average Bonchev–Trinajstić information content (AvgIpc) is 3.73. The van der Waals surface area contributed by atoms with E-state index < -0.39 is 0 Å². The fourth-order valence-corrected chi connectivity index (χ4v) is 7.75. The number of allylic oxidation sites excluding steroid dienone is 4. The summed E-state index contributed by atoms with van der Waals surface area (Å²) in [5.41, 5.74) is 15.0. The number of hydrogen-bond acceptors (Lipinski definition) is 0. The van der Waals surface area contributed by atoms with E-state index >= 15 is 0 Å². The van der Waals surface area contributed by atoms with E-state index in [-0.39, 0.29) is 5.41 Å². The summed E-state index contributed by atoms with van der Waals surface area (Å²) >= 11 is 0. The summed E-state index contributed by atoms with van der Waals surface area (Å²) in [5, 5.41) is 4.99. The lowest BCUT2D eigenvalue weighted by molar-refractivity contribution is 0.590. The molecule has 0 saturated carbocycles. The fourth-order valence-electron chi connectivity index (χ4n) is 7.75. The van der Waals surface area contributed by atoms with E-state index in [1.54, 1.807) is 0 Å². The highest BCUT2D eigenvalue weighted by Gasteiger charge is 2.19. The topological polar surface area (TPSA) is 9.86 Å². The number of hydrogen-bond donors (Lipinski definition) is 0. The van der Waals surface area contributed by atoms with Crippen LogP contribution in [0.2, 0.25) is 0 Å². The van der Waals surface area contributed by atoms with E-state index in [2.05, 4.69) is 195 Å². The molecule has 0 N–H and O–H groups in total. The van der Waals surface area contributed by atoms with Crippen molar-refractivity contribution in [1.29, 1.82) is 0 Å². The second-order valence-electron chi connectivity index (χ2n) is 15.1. The van der Waals surface area contributed by atoms with Gasteiger partial charge in [0.2, 0.25) is 0 Å². The normalized spacial score (nSPS) is 13.4. The molecule has 6 aromatic carbocycles. The number of benzene rings is 6. The van der Waals surface area contributed by atoms with Gasteiger partial charge in [-0.15, -0.1) is 0 Å². The maximum Gasteiger partial charge on any atom is 0.0541 e. The Morgan fingerprint density at radius 2 is 1.14 bits per heavy atom. The lowest BCUT2D eigenvalue weighted by Gasteiger charge is -2.20. The number of fused-ring (bicyclic) bond motifs is 3. The summed E-state index contributed by atoms with van der Waals surface area (Å²) in [6, 6.07) is 52.2. The van der Waals surface area contributed by atoms with Crippen LogP contribution in [-0.4, -0.2) is 9.13 Å². The zero-order chi connectivity index (χ0) is 34.7. The van der Waals surface area contributed by atoms with Gasteiger partial charge in [0.05, 0.1) is 22.4 Å². The van der Waals surface area contributed by atoms with Crippen molar-refractivity contribution in [2.75, 3.05) is 0 Å². The first-order valence-corrected chi connectivity index (χ1v) is 18.1. The van der Waals surface area contributed by atoms with E-state index in [9.17, 15) is 0 Å². The molecule has 0 saturated heterocycles. The van der Waals surface area contributed by atoms with E-state index in [0.717, 1.165) is 12.8 Å². The maximum absolute atomic E-state index is 2.47. The van der Waals surface area contributed by atoms with Crippen LogP contribution in [0.25, 0.3) is 71.9 Å². The Morgan fingerprint density at radius 1 is 0.510 bits per heavy atom. The van der Waals surface area contributed by atoms with Crippen molar-refractivity contribution in [2.24, 2.45) is 0 Å². The molecule has 9 rings (SSSR count). The molecule has 2 heteroatoms. The Labute approximate surface area is 300 Å². The van der Waals surface area contributed by atoms with Crippen molar-refractivity contribution in [1.82, 2.24) is 9.13 Å². The van der Waals surface area contributed by atoms with E-state index in [4.69, 9.17) is 0 Å². The summed E-state index contributed by atoms with van der Waals surface area (Å²) in [6.07, 6.45) is 8.89. The molecule has 0 unspecified atom stereocenters. The Kier molecular flexibility index (Phi) is 7.44. The molecular formula is C49H42N2. The predicted molar refractivity (Wildman–Crippen MR) is 218 cm³/mol. The molecule has 0 spiro atoms. The molecule has 2 nitrogen and oxygen atoms in total. The average molecular weight is 659 g/mol. The van der Waals surface area contributed by atoms with Crippen molar-refractivity contribution >= 4 is 38.2 Å². The molecule has 0 bridgehead atoms. The fraction of sp³-hybridized carbons (Fsp3) is 0.143. The SMILES string of the molecule is Cc1ccc(-n2c(-c3ccc4ccccc4c3)cc3cc(-c4ccc5cc(C6=CC=CCC6)n(-c6ccc(C(C)(C)C)cc6)c5c4)ccc32)cc1. The highest BCUT2D eigenvalue weighted by atomic mass is 15.0. The summed E-state index contributed by atoms with van der Waals surface area (Å²) in [7, 11) is 0. The van der Waals surface area contributed by atoms with E-state index in [1.165, 1.54) is 88.7 Å². The minimum absolute atomic E-state index is 0.106. The molecule has 8 aromatic rings. The summed E-state index contributed by atoms with van der Waals surface area (Å²) in [4.78, 5) is 0. The van der Waals surface area contributed by atoms with E-state index in [0.29, 0.717) is 0 Å². The molecule has 0 atom stereocenters. The minimum atomic E-state index is 0.106. The van der Waals surface area contributed by atoms with Crippen molar-refractivity contribution < 1.29 is 0 Å². The van der Waals surface area contributed by atoms with Crippen LogP contribution < -0.4 is 0 Å². The van der Waals surface area contributed by atoms with Gasteiger partial charge in [0.15, 0.2) is 0 Å². The van der Waals surface area contributed by atoms with Gasteiger partial charge in [0, 0.05) is 22.1 Å². The smallest absolute Gasteiger partial charge is 0.0541 e. The molecule has 0 amide bonds. The van der Waals surface area contributed by atoms with Gasteiger partial charge in [0.1, 0.15) is 0 Å². The highest BCUT2D eigenvalue weighted by molar-refractivity contribution is 5.96. The van der Waals surface area contributed by atoms with Gasteiger partial charge in [-0.2, -0.15) is 0 Å². The van der Waals surface area contributed by atoms with Crippen LogP contribution in [0.3, 0.4) is 0 Å². The van der Waals surface area contributed by atoms with Gasteiger partial charge >= 0.3 is 0 Å². The van der Waals surface area contributed by atoms with E-state index in [1.807, 2.05) is 0 Å². The van der Waals surface area contributed by atoms with Crippen LogP contribution in [0.5, 0.6) is 0 Å². The second-order valence-corrected chi connectivity index (χ2v) is 15.1. The Hall–Kier alpha value is -5.86. The molecule has 1 aliphatic carbocycles. The van der Waals surface area contributed by atoms with Crippen molar-refractivity contribution in [3.8, 4) is 33.8 Å². The number of rotatable bonds is 5. The van der Waals surface area contributed by atoms with Gasteiger partial charge in [-0.3, -0.25) is 0 Å². The lowest BCUT2D eigenvalue weighted by atomic mass is 9.87.